The fourth-order valence-electron chi connectivity index (χ4n) is 3.11. The maximum absolute atomic E-state index is 12.7. The van der Waals surface area contributed by atoms with Crippen LogP contribution in [0.4, 0.5) is 0 Å². The van der Waals surface area contributed by atoms with Gasteiger partial charge < -0.3 is 4.90 Å². The van der Waals surface area contributed by atoms with Gasteiger partial charge in [-0.3, -0.25) is 4.90 Å². The van der Waals surface area contributed by atoms with Gasteiger partial charge in [-0.25, -0.2) is 13.4 Å². The third kappa shape index (κ3) is 5.89. The number of pyridine rings is 1. The average molecular weight is 389 g/mol. The first kappa shape index (κ1) is 20.6. The molecule has 1 aromatic rings. The number of hydrogen-bond donors (Lipinski definition) is 0. The van der Waals surface area contributed by atoms with E-state index in [0.717, 1.165) is 39.3 Å². The summed E-state index contributed by atoms with van der Waals surface area (Å²) < 4.78 is 26.9. The number of piperazine rings is 1. The monoisotopic (exact) mass is 388 g/mol. The predicted octanol–water partition coefficient (Wildman–Crippen LogP) is 2.16. The average Bonchev–Trinajstić information content (AvgIpc) is 2.61. The molecule has 0 bridgehead atoms. The zero-order valence-corrected chi connectivity index (χ0v) is 16.8. The van der Waals surface area contributed by atoms with Gasteiger partial charge in [-0.2, -0.15) is 4.31 Å². The van der Waals surface area contributed by atoms with E-state index in [2.05, 4.69) is 28.6 Å². The molecule has 1 aromatic heterocycles. The van der Waals surface area contributed by atoms with Gasteiger partial charge in [-0.15, -0.1) is 0 Å². The Morgan fingerprint density at radius 2 is 1.72 bits per heavy atom. The lowest BCUT2D eigenvalue weighted by atomic mass is 10.3. The number of sulfonamides is 1. The lowest BCUT2D eigenvalue weighted by molar-refractivity contribution is 0.159. The minimum Gasteiger partial charge on any atom is -0.302 e. The fourth-order valence-corrected chi connectivity index (χ4v) is 4.59. The Bertz CT molecular complexity index is 610. The van der Waals surface area contributed by atoms with Crippen molar-refractivity contribution in [1.82, 2.24) is 19.1 Å². The number of rotatable bonds is 9. The van der Waals surface area contributed by atoms with Crippen LogP contribution in [0.1, 0.15) is 26.7 Å². The number of halogens is 1. The van der Waals surface area contributed by atoms with Crippen LogP contribution >= 0.6 is 11.6 Å². The zero-order valence-electron chi connectivity index (χ0n) is 15.2. The first-order valence-electron chi connectivity index (χ1n) is 9.03. The molecule has 6 nitrogen and oxygen atoms in total. The smallest absolute Gasteiger partial charge is 0.244 e. The molecule has 0 atom stereocenters. The summed E-state index contributed by atoms with van der Waals surface area (Å²) in [6, 6.07) is 3.03. The lowest BCUT2D eigenvalue weighted by Gasteiger charge is -2.35. The van der Waals surface area contributed by atoms with E-state index in [1.807, 2.05) is 0 Å². The second-order valence-electron chi connectivity index (χ2n) is 6.40. The summed E-state index contributed by atoms with van der Waals surface area (Å²) in [5.74, 6) is 0. The summed E-state index contributed by atoms with van der Waals surface area (Å²) in [5, 5.41) is 0.299. The normalized spacial score (nSPS) is 17.3. The molecule has 0 aliphatic carbocycles. The molecule has 142 valence electrons. The molecule has 2 heterocycles. The fraction of sp³-hybridized carbons (Fsp3) is 0.706. The van der Waals surface area contributed by atoms with E-state index < -0.39 is 10.0 Å². The van der Waals surface area contributed by atoms with Crippen molar-refractivity contribution in [1.29, 1.82) is 0 Å². The van der Waals surface area contributed by atoms with Gasteiger partial charge in [0.05, 0.1) is 0 Å². The molecule has 0 N–H and O–H groups in total. The van der Waals surface area contributed by atoms with Crippen molar-refractivity contribution < 1.29 is 8.42 Å². The largest absolute Gasteiger partial charge is 0.302 e. The van der Waals surface area contributed by atoms with Crippen molar-refractivity contribution in [3.63, 3.8) is 0 Å². The molecule has 2 rings (SSSR count). The summed E-state index contributed by atoms with van der Waals surface area (Å²) in [7, 11) is -3.48. The van der Waals surface area contributed by atoms with Crippen molar-refractivity contribution in [2.24, 2.45) is 0 Å². The van der Waals surface area contributed by atoms with E-state index in [1.54, 1.807) is 4.31 Å². The van der Waals surface area contributed by atoms with E-state index in [9.17, 15) is 8.42 Å². The van der Waals surface area contributed by atoms with Crippen molar-refractivity contribution in [3.8, 4) is 0 Å². The summed E-state index contributed by atoms with van der Waals surface area (Å²) in [5.41, 5.74) is 0. The lowest BCUT2D eigenvalue weighted by Crippen LogP contribution is -2.50. The minimum atomic E-state index is -3.48. The van der Waals surface area contributed by atoms with E-state index in [-0.39, 0.29) is 4.90 Å². The maximum atomic E-state index is 12.7. The van der Waals surface area contributed by atoms with Crippen LogP contribution in [0.2, 0.25) is 5.15 Å². The Morgan fingerprint density at radius 3 is 2.24 bits per heavy atom. The van der Waals surface area contributed by atoms with E-state index in [0.29, 0.717) is 18.2 Å². The molecule has 0 aromatic carbocycles. The maximum Gasteiger partial charge on any atom is 0.244 e. The molecule has 1 aliphatic rings. The predicted molar refractivity (Wildman–Crippen MR) is 101 cm³/mol. The Labute approximate surface area is 156 Å². The molecule has 0 radical (unpaired) electrons. The Morgan fingerprint density at radius 1 is 1.08 bits per heavy atom. The number of hydrogen-bond acceptors (Lipinski definition) is 5. The molecule has 0 amide bonds. The van der Waals surface area contributed by atoms with Crippen LogP contribution in [0.5, 0.6) is 0 Å². The third-order valence-corrected chi connectivity index (χ3v) is 6.59. The van der Waals surface area contributed by atoms with Gasteiger partial charge >= 0.3 is 0 Å². The summed E-state index contributed by atoms with van der Waals surface area (Å²) in [6.45, 7) is 11.3. The molecular formula is C17H29ClN4O2S. The van der Waals surface area contributed by atoms with Gasteiger partial charge in [0.15, 0.2) is 0 Å². The van der Waals surface area contributed by atoms with Gasteiger partial charge in [-0.05, 0) is 38.1 Å². The highest BCUT2D eigenvalue weighted by Crippen LogP contribution is 2.18. The van der Waals surface area contributed by atoms with E-state index in [1.165, 1.54) is 31.2 Å². The van der Waals surface area contributed by atoms with Crippen LogP contribution in [-0.4, -0.2) is 79.9 Å². The quantitative estimate of drug-likeness (QED) is 0.607. The van der Waals surface area contributed by atoms with Crippen LogP contribution in [0.3, 0.4) is 0 Å². The highest BCUT2D eigenvalue weighted by molar-refractivity contribution is 7.89. The third-order valence-electron chi connectivity index (χ3n) is 4.48. The molecule has 0 spiro atoms. The first-order valence-corrected chi connectivity index (χ1v) is 10.9. The van der Waals surface area contributed by atoms with Crippen molar-refractivity contribution in [2.75, 3.05) is 52.4 Å². The molecular weight excluding hydrogens is 360 g/mol. The van der Waals surface area contributed by atoms with Crippen molar-refractivity contribution in [3.05, 3.63) is 23.5 Å². The van der Waals surface area contributed by atoms with Crippen LogP contribution in [0.15, 0.2) is 23.2 Å². The van der Waals surface area contributed by atoms with Gasteiger partial charge in [0.2, 0.25) is 10.0 Å². The SMILES string of the molecule is CCCN(CCC)CCN1CCN(S(=O)(=O)c2ccc(Cl)nc2)CC1. The molecule has 0 unspecified atom stereocenters. The van der Waals surface area contributed by atoms with Crippen LogP contribution < -0.4 is 0 Å². The van der Waals surface area contributed by atoms with Crippen molar-refractivity contribution in [2.45, 2.75) is 31.6 Å². The molecule has 8 heteroatoms. The highest BCUT2D eigenvalue weighted by atomic mass is 35.5. The van der Waals surface area contributed by atoms with Crippen LogP contribution in [-0.2, 0) is 10.0 Å². The highest BCUT2D eigenvalue weighted by Gasteiger charge is 2.28. The Balaban J connectivity index is 1.85. The zero-order chi connectivity index (χ0) is 18.3. The van der Waals surface area contributed by atoms with Crippen molar-refractivity contribution >= 4 is 21.6 Å². The van der Waals surface area contributed by atoms with E-state index in [4.69, 9.17) is 11.6 Å². The topological polar surface area (TPSA) is 56.8 Å². The molecule has 1 saturated heterocycles. The number of nitrogens with zero attached hydrogens (tertiary/aromatic N) is 4. The standard InChI is InChI=1S/C17H29ClN4O2S/c1-3-7-20(8-4-2)9-10-21-11-13-22(14-12-21)25(23,24)16-5-6-17(18)19-15-16/h5-6,15H,3-4,7-14H2,1-2H3. The summed E-state index contributed by atoms with van der Waals surface area (Å²) >= 11 is 5.74. The van der Waals surface area contributed by atoms with Gasteiger partial charge in [0.25, 0.3) is 0 Å². The summed E-state index contributed by atoms with van der Waals surface area (Å²) in [4.78, 5) is 8.93. The second kappa shape index (κ2) is 9.83. The Hall–Kier alpha value is -0.730. The number of aromatic nitrogens is 1. The molecule has 1 aliphatic heterocycles. The van der Waals surface area contributed by atoms with Gasteiger partial charge in [0.1, 0.15) is 10.0 Å². The van der Waals surface area contributed by atoms with Crippen LogP contribution in [0.25, 0.3) is 0 Å². The second-order valence-corrected chi connectivity index (χ2v) is 8.73. The molecule has 1 fully saturated rings. The first-order chi connectivity index (χ1) is 12.0. The minimum absolute atomic E-state index is 0.211. The van der Waals surface area contributed by atoms with Gasteiger partial charge in [-0.1, -0.05) is 25.4 Å². The van der Waals surface area contributed by atoms with Crippen LogP contribution in [0, 0.1) is 0 Å². The summed E-state index contributed by atoms with van der Waals surface area (Å²) in [6.07, 6.45) is 3.67. The molecule has 25 heavy (non-hydrogen) atoms. The molecule has 0 saturated carbocycles. The van der Waals surface area contributed by atoms with E-state index >= 15 is 0 Å². The van der Waals surface area contributed by atoms with Gasteiger partial charge in [0, 0.05) is 45.5 Å². The Kier molecular flexibility index (Phi) is 8.09.